The summed E-state index contributed by atoms with van der Waals surface area (Å²) in [6, 6.07) is 24.3. The van der Waals surface area contributed by atoms with Crippen LogP contribution >= 0.6 is 0 Å². The number of rotatable bonds is 7. The second-order valence-electron chi connectivity index (χ2n) is 6.71. The SMILES string of the molecule is C[C@@H](CC(=N)c1ccc(C(=O)Nc2ccccc2N)cc1)Nc1ccccc1. The fourth-order valence-electron chi connectivity index (χ4n) is 2.92. The normalized spacial score (nSPS) is 11.5. The third-order valence-electron chi connectivity index (χ3n) is 4.40. The zero-order chi connectivity index (χ0) is 19.9. The van der Waals surface area contributed by atoms with E-state index >= 15 is 0 Å². The number of para-hydroxylation sites is 3. The molecule has 3 aromatic rings. The first kappa shape index (κ1) is 19.2. The summed E-state index contributed by atoms with van der Waals surface area (Å²) in [6.45, 7) is 2.05. The van der Waals surface area contributed by atoms with Crippen LogP contribution in [0, 0.1) is 5.41 Å². The van der Waals surface area contributed by atoms with Gasteiger partial charge in [0, 0.05) is 29.4 Å². The van der Waals surface area contributed by atoms with Crippen molar-refractivity contribution in [2.24, 2.45) is 0 Å². The predicted molar refractivity (Wildman–Crippen MR) is 116 cm³/mol. The number of nitrogen functional groups attached to an aromatic ring is 1. The molecule has 28 heavy (non-hydrogen) atoms. The minimum Gasteiger partial charge on any atom is -0.397 e. The van der Waals surface area contributed by atoms with Crippen LogP contribution < -0.4 is 16.4 Å². The number of carbonyl (C=O) groups excluding carboxylic acids is 1. The van der Waals surface area contributed by atoms with Gasteiger partial charge < -0.3 is 21.8 Å². The summed E-state index contributed by atoms with van der Waals surface area (Å²) in [7, 11) is 0. The van der Waals surface area contributed by atoms with Gasteiger partial charge in [0.2, 0.25) is 0 Å². The summed E-state index contributed by atoms with van der Waals surface area (Å²) in [5.74, 6) is -0.227. The first-order valence-corrected chi connectivity index (χ1v) is 9.18. The third-order valence-corrected chi connectivity index (χ3v) is 4.40. The molecule has 3 rings (SSSR count). The van der Waals surface area contributed by atoms with Crippen molar-refractivity contribution in [3.63, 3.8) is 0 Å². The summed E-state index contributed by atoms with van der Waals surface area (Å²) in [4.78, 5) is 12.4. The summed E-state index contributed by atoms with van der Waals surface area (Å²) < 4.78 is 0. The fraction of sp³-hybridized carbons (Fsp3) is 0.130. The Bertz CT molecular complexity index is 952. The van der Waals surface area contributed by atoms with E-state index in [9.17, 15) is 4.79 Å². The topological polar surface area (TPSA) is 91.0 Å². The Hall–Kier alpha value is -3.60. The number of carbonyl (C=O) groups is 1. The average molecular weight is 372 g/mol. The Morgan fingerprint density at radius 3 is 2.21 bits per heavy atom. The Kier molecular flexibility index (Phi) is 6.07. The monoisotopic (exact) mass is 372 g/mol. The molecule has 5 N–H and O–H groups in total. The fourth-order valence-corrected chi connectivity index (χ4v) is 2.92. The maximum atomic E-state index is 12.4. The molecule has 0 aliphatic rings. The van der Waals surface area contributed by atoms with Crippen LogP contribution in [0.15, 0.2) is 78.9 Å². The second-order valence-corrected chi connectivity index (χ2v) is 6.71. The summed E-state index contributed by atoms with van der Waals surface area (Å²) in [5.41, 5.74) is 9.86. The first-order valence-electron chi connectivity index (χ1n) is 9.18. The molecule has 0 heterocycles. The molecule has 0 radical (unpaired) electrons. The largest absolute Gasteiger partial charge is 0.397 e. The first-order chi connectivity index (χ1) is 13.5. The average Bonchev–Trinajstić information content (AvgIpc) is 2.70. The van der Waals surface area contributed by atoms with Crippen LogP contribution in [-0.2, 0) is 0 Å². The number of anilines is 3. The van der Waals surface area contributed by atoms with Crippen LogP contribution in [0.5, 0.6) is 0 Å². The van der Waals surface area contributed by atoms with Crippen molar-refractivity contribution >= 4 is 28.7 Å². The van der Waals surface area contributed by atoms with Crippen LogP contribution in [0.1, 0.15) is 29.3 Å². The lowest BCUT2D eigenvalue weighted by Gasteiger charge is -2.16. The van der Waals surface area contributed by atoms with E-state index in [2.05, 4.69) is 10.6 Å². The minimum atomic E-state index is -0.227. The van der Waals surface area contributed by atoms with Gasteiger partial charge in [-0.1, -0.05) is 42.5 Å². The van der Waals surface area contributed by atoms with Crippen molar-refractivity contribution in [3.8, 4) is 0 Å². The van der Waals surface area contributed by atoms with Gasteiger partial charge in [-0.2, -0.15) is 0 Å². The Labute approximate surface area is 165 Å². The second kappa shape index (κ2) is 8.86. The highest BCUT2D eigenvalue weighted by Crippen LogP contribution is 2.18. The van der Waals surface area contributed by atoms with Crippen LogP contribution in [0.3, 0.4) is 0 Å². The molecule has 5 nitrogen and oxygen atoms in total. The molecule has 0 fully saturated rings. The molecule has 0 unspecified atom stereocenters. The van der Waals surface area contributed by atoms with Gasteiger partial charge in [-0.05, 0) is 48.9 Å². The Morgan fingerprint density at radius 2 is 1.54 bits per heavy atom. The van der Waals surface area contributed by atoms with E-state index in [-0.39, 0.29) is 11.9 Å². The molecule has 0 aromatic heterocycles. The number of nitrogens with one attached hydrogen (secondary N) is 3. The molecule has 0 spiro atoms. The maximum absolute atomic E-state index is 12.4. The van der Waals surface area contributed by atoms with Crippen molar-refractivity contribution in [2.75, 3.05) is 16.4 Å². The lowest BCUT2D eigenvalue weighted by atomic mass is 10.0. The number of hydrogen-bond acceptors (Lipinski definition) is 4. The van der Waals surface area contributed by atoms with Gasteiger partial charge in [-0.25, -0.2) is 0 Å². The number of nitrogens with two attached hydrogens (primary N) is 1. The number of amides is 1. The zero-order valence-corrected chi connectivity index (χ0v) is 15.8. The van der Waals surface area contributed by atoms with Gasteiger partial charge in [0.25, 0.3) is 5.91 Å². The lowest BCUT2D eigenvalue weighted by Crippen LogP contribution is -2.20. The van der Waals surface area contributed by atoms with E-state index in [1.54, 1.807) is 36.4 Å². The van der Waals surface area contributed by atoms with E-state index in [4.69, 9.17) is 11.1 Å². The molecule has 0 saturated carbocycles. The molecule has 0 aliphatic carbocycles. The van der Waals surface area contributed by atoms with E-state index in [0.717, 1.165) is 11.3 Å². The van der Waals surface area contributed by atoms with Crippen molar-refractivity contribution in [1.82, 2.24) is 0 Å². The van der Waals surface area contributed by atoms with Gasteiger partial charge in [-0.15, -0.1) is 0 Å². The highest BCUT2D eigenvalue weighted by Gasteiger charge is 2.11. The van der Waals surface area contributed by atoms with Gasteiger partial charge in [0.05, 0.1) is 11.4 Å². The van der Waals surface area contributed by atoms with Gasteiger partial charge in [0.1, 0.15) is 0 Å². The van der Waals surface area contributed by atoms with Crippen LogP contribution in [-0.4, -0.2) is 17.7 Å². The van der Waals surface area contributed by atoms with Crippen LogP contribution in [0.4, 0.5) is 17.1 Å². The molecule has 0 saturated heterocycles. The minimum absolute atomic E-state index is 0.124. The van der Waals surface area contributed by atoms with Gasteiger partial charge >= 0.3 is 0 Å². The summed E-state index contributed by atoms with van der Waals surface area (Å²) in [6.07, 6.45) is 0.584. The van der Waals surface area contributed by atoms with Crippen molar-refractivity contribution in [2.45, 2.75) is 19.4 Å². The molecule has 0 aliphatic heterocycles. The molecule has 0 bridgehead atoms. The molecular formula is C23H24N4O. The highest BCUT2D eigenvalue weighted by atomic mass is 16.1. The number of hydrogen-bond donors (Lipinski definition) is 4. The van der Waals surface area contributed by atoms with E-state index in [1.807, 2.05) is 49.4 Å². The van der Waals surface area contributed by atoms with E-state index in [0.29, 0.717) is 29.1 Å². The zero-order valence-electron chi connectivity index (χ0n) is 15.8. The van der Waals surface area contributed by atoms with Crippen LogP contribution in [0.25, 0.3) is 0 Å². The van der Waals surface area contributed by atoms with Crippen molar-refractivity contribution in [1.29, 1.82) is 5.41 Å². The van der Waals surface area contributed by atoms with Gasteiger partial charge in [0.15, 0.2) is 0 Å². The van der Waals surface area contributed by atoms with Crippen molar-refractivity contribution < 1.29 is 4.79 Å². The smallest absolute Gasteiger partial charge is 0.255 e. The molecular weight excluding hydrogens is 348 g/mol. The predicted octanol–water partition coefficient (Wildman–Crippen LogP) is 4.78. The molecule has 142 valence electrons. The maximum Gasteiger partial charge on any atom is 0.255 e. The molecule has 3 aromatic carbocycles. The molecule has 1 amide bonds. The van der Waals surface area contributed by atoms with Crippen molar-refractivity contribution in [3.05, 3.63) is 90.0 Å². The van der Waals surface area contributed by atoms with E-state index < -0.39 is 0 Å². The van der Waals surface area contributed by atoms with Gasteiger partial charge in [-0.3, -0.25) is 4.79 Å². The standard InChI is InChI=1S/C23H24N4O/c1-16(26-19-7-3-2-4-8-19)15-21(25)17-11-13-18(14-12-17)23(28)27-22-10-6-5-9-20(22)24/h2-14,16,25-26H,15,24H2,1H3,(H,27,28)/t16-/m0/s1. The lowest BCUT2D eigenvalue weighted by molar-refractivity contribution is 0.102. The molecule has 5 heteroatoms. The quantitative estimate of drug-likeness (QED) is 0.355. The Balaban J connectivity index is 1.59. The van der Waals surface area contributed by atoms with Crippen LogP contribution in [0.2, 0.25) is 0 Å². The third kappa shape index (κ3) is 4.98. The number of benzene rings is 3. The Morgan fingerprint density at radius 1 is 0.929 bits per heavy atom. The summed E-state index contributed by atoms with van der Waals surface area (Å²) in [5, 5.41) is 14.5. The highest BCUT2D eigenvalue weighted by molar-refractivity contribution is 6.06. The summed E-state index contributed by atoms with van der Waals surface area (Å²) >= 11 is 0. The van der Waals surface area contributed by atoms with E-state index in [1.165, 1.54) is 0 Å². The molecule has 1 atom stereocenters.